The molecule has 0 spiro atoms. The molecule has 10 aromatic heterocycles. The summed E-state index contributed by atoms with van der Waals surface area (Å²) in [4.78, 5) is 42.1. The number of benzene rings is 6. The third-order valence-corrected chi connectivity index (χ3v) is 20.8. The summed E-state index contributed by atoms with van der Waals surface area (Å²) in [7, 11) is 0. The van der Waals surface area contributed by atoms with Crippen LogP contribution >= 0.6 is 0 Å². The van der Waals surface area contributed by atoms with Gasteiger partial charge in [0.2, 0.25) is 0 Å². The second-order valence-electron chi connectivity index (χ2n) is 27.7. The molecule has 11 heterocycles. The van der Waals surface area contributed by atoms with Gasteiger partial charge in [-0.1, -0.05) is 262 Å². The molecule has 21 rings (SSSR count). The number of nitrogens with one attached hydrogen (secondary N) is 1. The van der Waals surface area contributed by atoms with Crippen molar-refractivity contribution in [2.24, 2.45) is 4.99 Å². The Morgan fingerprint density at radius 3 is 0.896 bits per heavy atom. The molecule has 24 heteroatoms. The topological polar surface area (TPSA) is 332 Å². The number of nitrogens with two attached hydrogens (primary N) is 4. The van der Waals surface area contributed by atoms with Gasteiger partial charge in [0.25, 0.3) is 0 Å². The molecule has 0 radical (unpaired) electrons. The Bertz CT molecular complexity index is 5410. The molecule has 16 aromatic rings. The molecule has 0 fully saturated rings. The van der Waals surface area contributed by atoms with Crippen molar-refractivity contribution < 1.29 is 0 Å². The second-order valence-corrected chi connectivity index (χ2v) is 27.7. The van der Waals surface area contributed by atoms with Gasteiger partial charge in [0.1, 0.15) is 54.3 Å². The van der Waals surface area contributed by atoms with Crippen molar-refractivity contribution >= 4 is 79.3 Å². The van der Waals surface area contributed by atoms with Gasteiger partial charge in [0.15, 0.2) is 22.6 Å². The lowest BCUT2D eigenvalue weighted by Gasteiger charge is -2.25. The minimum atomic E-state index is 0.277. The summed E-state index contributed by atoms with van der Waals surface area (Å²) >= 11 is 0. The van der Waals surface area contributed by atoms with E-state index in [0.717, 1.165) is 162 Å². The standard InChI is InChI=1S/C21H19N5.3C16H17N5.C8H7N.C5H5N.C3H4N2.8C2H6/c22-20-18-19(15-7-2-1-3-8-15)25-26(21(18)24-13-23-20)17-11-10-14-6-4-5-9-16(14)12-17;3*1-10-14-15(17)18-9-19-16(14)21(20-10)13-7-6-11-4-2-3-5-12(11)8-13;1-2-4-8-7(3-1)5-6-9-8;1-2-4-6-5-3-1;1-2-4-5-3-1;8*1-2/h1-9,13,17H,10-12H2,(H2,22,23,24);3*2-5,9,13H,6-8H2,1H3,(H2,17,18,19);1-4,6H,5H2;1-5H;1-3H,(H,4,5);8*1-2H3. The van der Waals surface area contributed by atoms with Crippen molar-refractivity contribution in [1.29, 1.82) is 0 Å². The fourth-order valence-electron chi connectivity index (χ4n) is 15.4. The molecule has 125 heavy (non-hydrogen) atoms. The number of nitrogens with zero attached hydrogens (tertiary/aromatic N) is 19. The van der Waals surface area contributed by atoms with Gasteiger partial charge in [0.05, 0.1) is 68.5 Å². The quantitative estimate of drug-likeness (QED) is 0.107. The van der Waals surface area contributed by atoms with Crippen LogP contribution in [0.1, 0.15) is 228 Å². The minimum absolute atomic E-state index is 0.277. The van der Waals surface area contributed by atoms with Crippen molar-refractivity contribution in [3.63, 3.8) is 0 Å². The zero-order valence-corrected chi connectivity index (χ0v) is 77.2. The van der Waals surface area contributed by atoms with Gasteiger partial charge in [-0.05, 0) is 172 Å². The smallest absolute Gasteiger partial charge is 0.164 e. The Kier molecular flexibility index (Phi) is 41.9. The number of fused-ring (bicyclic) bond motifs is 9. The van der Waals surface area contributed by atoms with Crippen LogP contribution in [0, 0.1) is 20.8 Å². The Morgan fingerprint density at radius 2 is 0.600 bits per heavy atom. The Morgan fingerprint density at radius 1 is 0.304 bits per heavy atom. The van der Waals surface area contributed by atoms with E-state index in [1.165, 1.54) is 75.4 Å². The first-order valence-corrected chi connectivity index (χ1v) is 45.1. The lowest BCUT2D eigenvalue weighted by molar-refractivity contribution is 0.412. The maximum absolute atomic E-state index is 6.21. The van der Waals surface area contributed by atoms with E-state index < -0.39 is 0 Å². The number of aromatic amines is 1. The average Bonchev–Trinajstić information content (AvgIpc) is 1.66. The van der Waals surface area contributed by atoms with Crippen LogP contribution in [0.2, 0.25) is 0 Å². The van der Waals surface area contributed by atoms with E-state index in [2.05, 4.69) is 195 Å². The molecule has 5 aliphatic rings. The summed E-state index contributed by atoms with van der Waals surface area (Å²) < 4.78 is 8.18. The van der Waals surface area contributed by atoms with Crippen LogP contribution in [0.25, 0.3) is 55.4 Å². The van der Waals surface area contributed by atoms with Crippen LogP contribution in [-0.4, -0.2) is 100 Å². The highest BCUT2D eigenvalue weighted by molar-refractivity contribution is 5.98. The zero-order chi connectivity index (χ0) is 90.6. The zero-order valence-electron chi connectivity index (χ0n) is 77.2. The molecular formula is C101H134N24. The maximum atomic E-state index is 6.21. The Labute approximate surface area is 740 Å². The first-order valence-electron chi connectivity index (χ1n) is 45.1. The molecule has 4 atom stereocenters. The number of hydrogen-bond donors (Lipinski definition) is 5. The first-order chi connectivity index (χ1) is 61.5. The Hall–Kier alpha value is -13.3. The summed E-state index contributed by atoms with van der Waals surface area (Å²) in [6.07, 6.45) is 28.6. The number of aliphatic imine (C=N–C) groups is 1. The number of aryl methyl sites for hydroxylation is 7. The fraction of sp³-hybridized carbons (Fsp3) is 0.356. The molecule has 9 N–H and O–H groups in total. The van der Waals surface area contributed by atoms with Crippen LogP contribution in [0.15, 0.2) is 231 Å². The highest BCUT2D eigenvalue weighted by Crippen LogP contribution is 2.39. The third kappa shape index (κ3) is 25.5. The molecule has 0 saturated heterocycles. The van der Waals surface area contributed by atoms with Gasteiger partial charge >= 0.3 is 0 Å². The summed E-state index contributed by atoms with van der Waals surface area (Å²) in [6.45, 7) is 37.9. The molecular weight excluding hydrogens is 1550 g/mol. The van der Waals surface area contributed by atoms with E-state index in [0.29, 0.717) is 41.4 Å². The molecule has 6 aromatic carbocycles. The van der Waals surface area contributed by atoms with Crippen molar-refractivity contribution in [1.82, 2.24) is 94.2 Å². The van der Waals surface area contributed by atoms with Crippen LogP contribution in [-0.2, 0) is 57.8 Å². The van der Waals surface area contributed by atoms with Gasteiger partial charge in [-0.25, -0.2) is 58.6 Å². The van der Waals surface area contributed by atoms with Crippen LogP contribution in [0.3, 0.4) is 0 Å². The van der Waals surface area contributed by atoms with Gasteiger partial charge in [-0.15, -0.1) is 0 Å². The largest absolute Gasteiger partial charge is 0.383 e. The highest BCUT2D eigenvalue weighted by Gasteiger charge is 2.30. The number of aromatic nitrogens is 19. The summed E-state index contributed by atoms with van der Waals surface area (Å²) in [5.41, 5.74) is 46.0. The third-order valence-electron chi connectivity index (χ3n) is 20.8. The fourth-order valence-corrected chi connectivity index (χ4v) is 15.4. The SMILES string of the molecule is C1=Nc2ccccc2C1.CC.CC.CC.CC.CC.CC.CC.CC.Cc1nn(C2CCc3ccccc3C2)c2ncnc(N)c12.Cc1nn(C2CCc3ccccc3C2)c2ncnc(N)c12.Cc1nn(C2CCc3ccccc3C2)c2ncnc(N)c12.Nc1ncnc2c1c(-c1ccccc1)nn2C1CCc2ccccc2C1.c1ccncc1.c1cn[nH]c1. The number of para-hydroxylation sites is 1. The predicted octanol–water partition coefficient (Wildman–Crippen LogP) is 22.8. The van der Waals surface area contributed by atoms with Gasteiger partial charge in [-0.2, -0.15) is 25.5 Å². The van der Waals surface area contributed by atoms with Crippen molar-refractivity contribution in [3.05, 3.63) is 293 Å². The molecule has 4 unspecified atom stereocenters. The van der Waals surface area contributed by atoms with Gasteiger partial charge in [-0.3, -0.25) is 15.1 Å². The van der Waals surface area contributed by atoms with Crippen LogP contribution < -0.4 is 22.9 Å². The number of anilines is 4. The number of H-pyrrole nitrogens is 1. The van der Waals surface area contributed by atoms with E-state index in [9.17, 15) is 0 Å². The van der Waals surface area contributed by atoms with E-state index >= 15 is 0 Å². The van der Waals surface area contributed by atoms with E-state index in [1.807, 2.05) is 212 Å². The molecule has 0 saturated carbocycles. The summed E-state index contributed by atoms with van der Waals surface area (Å²) in [5.74, 6) is 2.02. The van der Waals surface area contributed by atoms with E-state index in [-0.39, 0.29) is 6.04 Å². The van der Waals surface area contributed by atoms with Crippen LogP contribution in [0.4, 0.5) is 29.0 Å². The molecule has 4 aliphatic carbocycles. The minimum Gasteiger partial charge on any atom is -0.383 e. The maximum Gasteiger partial charge on any atom is 0.164 e. The number of pyridine rings is 1. The van der Waals surface area contributed by atoms with Crippen molar-refractivity contribution in [2.75, 3.05) is 22.9 Å². The van der Waals surface area contributed by atoms with Crippen molar-refractivity contribution in [3.8, 4) is 11.3 Å². The lowest BCUT2D eigenvalue weighted by atomic mass is 9.88. The molecule has 1 aliphatic heterocycles. The number of nitrogen functional groups attached to an aromatic ring is 4. The highest BCUT2D eigenvalue weighted by atomic mass is 15.4. The molecule has 24 nitrogen and oxygen atoms in total. The second kappa shape index (κ2) is 52.9. The van der Waals surface area contributed by atoms with Crippen LogP contribution in [0.5, 0.6) is 0 Å². The van der Waals surface area contributed by atoms with Gasteiger partial charge < -0.3 is 22.9 Å². The number of hydrogen-bond acceptors (Lipinski definition) is 19. The Balaban J connectivity index is 0.000000203. The van der Waals surface area contributed by atoms with Crippen molar-refractivity contribution in [2.45, 2.75) is 239 Å². The first kappa shape index (κ1) is 98.9. The summed E-state index contributed by atoms with van der Waals surface area (Å²) in [5, 5.41) is 28.7. The summed E-state index contributed by atoms with van der Waals surface area (Å²) in [6, 6.07) is 61.8. The van der Waals surface area contributed by atoms with E-state index in [4.69, 9.17) is 28.0 Å². The molecule has 0 bridgehead atoms. The predicted molar refractivity (Wildman–Crippen MR) is 521 cm³/mol. The number of rotatable bonds is 5. The lowest BCUT2D eigenvalue weighted by Crippen LogP contribution is -2.20. The molecule has 0 amide bonds. The normalized spacial score (nSPS) is 14.5. The monoisotopic (exact) mass is 1680 g/mol. The average molecular weight is 1680 g/mol. The van der Waals surface area contributed by atoms with Gasteiger partial charge in [0, 0.05) is 43.0 Å². The van der Waals surface area contributed by atoms with E-state index in [1.54, 1.807) is 24.8 Å². The molecule has 658 valence electrons.